The van der Waals surface area contributed by atoms with Crippen LogP contribution in [-0.4, -0.2) is 17.1 Å². The molecule has 0 radical (unpaired) electrons. The van der Waals surface area contributed by atoms with Gasteiger partial charge in [0.25, 0.3) is 0 Å². The monoisotopic (exact) mass is 288 g/mol. The predicted octanol–water partition coefficient (Wildman–Crippen LogP) is 3.48. The Labute approximate surface area is 120 Å². The number of rotatable bonds is 3. The van der Waals surface area contributed by atoms with E-state index < -0.39 is 23.4 Å². The molecule has 0 bridgehead atoms. The number of nitrogens with one attached hydrogen (secondary N) is 2. The summed E-state index contributed by atoms with van der Waals surface area (Å²) in [5.74, 6) is -2.27. The van der Waals surface area contributed by atoms with Gasteiger partial charge in [0.05, 0.1) is 5.56 Å². The number of halogens is 1. The lowest BCUT2D eigenvalue weighted by molar-refractivity contribution is 0.0692. The van der Waals surface area contributed by atoms with Crippen molar-refractivity contribution >= 4 is 23.4 Å². The number of amides is 2. The molecule has 0 aromatic heterocycles. The predicted molar refractivity (Wildman–Crippen MR) is 77.2 cm³/mol. The largest absolute Gasteiger partial charge is 0.478 e. The Balaban J connectivity index is 2.04. The van der Waals surface area contributed by atoms with Gasteiger partial charge in [-0.05, 0) is 37.3 Å². The van der Waals surface area contributed by atoms with Crippen LogP contribution in [0.5, 0.6) is 0 Å². The number of carboxylic acid groups (broad SMARTS) is 1. The zero-order valence-electron chi connectivity index (χ0n) is 11.2. The summed E-state index contributed by atoms with van der Waals surface area (Å²) in [6, 6.07) is 10.00. The Bertz CT molecular complexity index is 684. The smallest absolute Gasteiger partial charge is 0.338 e. The molecule has 2 aromatic carbocycles. The molecule has 0 unspecified atom stereocenters. The van der Waals surface area contributed by atoms with E-state index in [0.717, 1.165) is 17.7 Å². The second-order valence-corrected chi connectivity index (χ2v) is 4.44. The third-order valence-corrected chi connectivity index (χ3v) is 2.77. The first kappa shape index (κ1) is 14.5. The third-order valence-electron chi connectivity index (χ3n) is 2.77. The highest BCUT2D eigenvalue weighted by Gasteiger charge is 2.11. The lowest BCUT2D eigenvalue weighted by atomic mass is 10.2. The fraction of sp³-hybridized carbons (Fsp3) is 0.0667. The van der Waals surface area contributed by atoms with E-state index in [1.807, 2.05) is 19.1 Å². The van der Waals surface area contributed by atoms with Gasteiger partial charge in [0, 0.05) is 11.4 Å². The number of hydrogen-bond donors (Lipinski definition) is 3. The molecule has 0 aliphatic carbocycles. The van der Waals surface area contributed by atoms with Crippen LogP contribution in [0.3, 0.4) is 0 Å². The van der Waals surface area contributed by atoms with Crippen LogP contribution >= 0.6 is 0 Å². The van der Waals surface area contributed by atoms with E-state index in [1.54, 1.807) is 12.1 Å². The number of hydrogen-bond acceptors (Lipinski definition) is 2. The van der Waals surface area contributed by atoms with Gasteiger partial charge in [-0.25, -0.2) is 14.0 Å². The van der Waals surface area contributed by atoms with E-state index in [2.05, 4.69) is 10.6 Å². The van der Waals surface area contributed by atoms with Gasteiger partial charge in [-0.3, -0.25) is 0 Å². The Morgan fingerprint density at radius 1 is 1.00 bits per heavy atom. The quantitative estimate of drug-likeness (QED) is 0.809. The number of carboxylic acids is 1. The number of urea groups is 1. The van der Waals surface area contributed by atoms with Crippen LogP contribution in [0.2, 0.25) is 0 Å². The molecule has 0 heterocycles. The average molecular weight is 288 g/mol. The summed E-state index contributed by atoms with van der Waals surface area (Å²) in [5.41, 5.74) is 1.38. The highest BCUT2D eigenvalue weighted by atomic mass is 19.1. The SMILES string of the molecule is Cc1ccc(NC(=O)Nc2ccc(C(=O)O)c(F)c2)cc1. The lowest BCUT2D eigenvalue weighted by Gasteiger charge is -2.08. The van der Waals surface area contributed by atoms with Crippen molar-refractivity contribution in [1.29, 1.82) is 0 Å². The Hall–Kier alpha value is -2.89. The van der Waals surface area contributed by atoms with E-state index in [1.165, 1.54) is 6.07 Å². The molecule has 0 saturated heterocycles. The zero-order valence-corrected chi connectivity index (χ0v) is 11.2. The molecule has 5 nitrogen and oxygen atoms in total. The average Bonchev–Trinajstić information content (AvgIpc) is 2.41. The summed E-state index contributed by atoms with van der Waals surface area (Å²) in [6.07, 6.45) is 0. The van der Waals surface area contributed by atoms with Crippen molar-refractivity contribution in [3.8, 4) is 0 Å². The molecule has 2 aromatic rings. The fourth-order valence-corrected chi connectivity index (χ4v) is 1.70. The molecular formula is C15H13FN2O3. The molecule has 0 aliphatic heterocycles. The molecule has 6 heteroatoms. The van der Waals surface area contributed by atoms with Crippen LogP contribution < -0.4 is 10.6 Å². The molecule has 108 valence electrons. The second kappa shape index (κ2) is 6.04. The van der Waals surface area contributed by atoms with E-state index in [0.29, 0.717) is 5.69 Å². The van der Waals surface area contributed by atoms with Crippen molar-refractivity contribution < 1.29 is 19.1 Å². The molecule has 0 fully saturated rings. The summed E-state index contributed by atoms with van der Waals surface area (Å²) >= 11 is 0. The molecule has 3 N–H and O–H groups in total. The highest BCUT2D eigenvalue weighted by Crippen LogP contribution is 2.15. The van der Waals surface area contributed by atoms with Crippen molar-refractivity contribution in [3.05, 3.63) is 59.4 Å². The molecule has 0 aliphatic rings. The zero-order chi connectivity index (χ0) is 15.4. The molecule has 0 saturated carbocycles. The molecule has 0 spiro atoms. The maximum Gasteiger partial charge on any atom is 0.338 e. The van der Waals surface area contributed by atoms with Gasteiger partial charge >= 0.3 is 12.0 Å². The first-order valence-electron chi connectivity index (χ1n) is 6.13. The molecule has 2 amide bonds. The Kier molecular flexibility index (Phi) is 4.18. The van der Waals surface area contributed by atoms with Gasteiger partial charge in [0.1, 0.15) is 5.82 Å². The van der Waals surface area contributed by atoms with E-state index >= 15 is 0 Å². The standard InChI is InChI=1S/C15H13FN2O3/c1-9-2-4-10(5-3-9)17-15(21)18-11-6-7-12(14(19)20)13(16)8-11/h2-8H,1H3,(H,19,20)(H2,17,18,21). The van der Waals surface area contributed by atoms with Gasteiger partial charge in [0.15, 0.2) is 0 Å². The lowest BCUT2D eigenvalue weighted by Crippen LogP contribution is -2.19. The van der Waals surface area contributed by atoms with Gasteiger partial charge in [-0.2, -0.15) is 0 Å². The van der Waals surface area contributed by atoms with Gasteiger partial charge in [-0.15, -0.1) is 0 Å². The maximum atomic E-state index is 13.5. The summed E-state index contributed by atoms with van der Waals surface area (Å²) in [7, 11) is 0. The van der Waals surface area contributed by atoms with E-state index in [9.17, 15) is 14.0 Å². The van der Waals surface area contributed by atoms with Gasteiger partial charge < -0.3 is 15.7 Å². The number of carbonyl (C=O) groups excluding carboxylic acids is 1. The minimum Gasteiger partial charge on any atom is -0.478 e. The number of anilines is 2. The first-order chi connectivity index (χ1) is 9.95. The van der Waals surface area contributed by atoms with Crippen molar-refractivity contribution in [2.24, 2.45) is 0 Å². The normalized spacial score (nSPS) is 10.0. The van der Waals surface area contributed by atoms with E-state index in [-0.39, 0.29) is 5.69 Å². The number of aromatic carboxylic acids is 1. The number of carbonyl (C=O) groups is 2. The number of benzene rings is 2. The molecule has 0 atom stereocenters. The van der Waals surface area contributed by atoms with E-state index in [4.69, 9.17) is 5.11 Å². The van der Waals surface area contributed by atoms with Crippen LogP contribution in [0, 0.1) is 12.7 Å². The van der Waals surface area contributed by atoms with Gasteiger partial charge in [0.2, 0.25) is 0 Å². The molecular weight excluding hydrogens is 275 g/mol. The van der Waals surface area contributed by atoms with Crippen LogP contribution in [0.25, 0.3) is 0 Å². The van der Waals surface area contributed by atoms with Gasteiger partial charge in [-0.1, -0.05) is 17.7 Å². The topological polar surface area (TPSA) is 78.4 Å². The third kappa shape index (κ3) is 3.79. The van der Waals surface area contributed by atoms with Crippen LogP contribution in [0.15, 0.2) is 42.5 Å². The fourth-order valence-electron chi connectivity index (χ4n) is 1.70. The van der Waals surface area contributed by atoms with Crippen molar-refractivity contribution in [2.45, 2.75) is 6.92 Å². The van der Waals surface area contributed by atoms with Crippen LogP contribution in [0.4, 0.5) is 20.6 Å². The molecule has 2 rings (SSSR count). The Morgan fingerprint density at radius 3 is 2.14 bits per heavy atom. The summed E-state index contributed by atoms with van der Waals surface area (Å²) < 4.78 is 13.5. The number of aryl methyl sites for hydroxylation is 1. The summed E-state index contributed by atoms with van der Waals surface area (Å²) in [6.45, 7) is 1.93. The summed E-state index contributed by atoms with van der Waals surface area (Å²) in [5, 5.41) is 13.7. The van der Waals surface area contributed by atoms with Crippen LogP contribution in [-0.2, 0) is 0 Å². The first-order valence-corrected chi connectivity index (χ1v) is 6.13. The summed E-state index contributed by atoms with van der Waals surface area (Å²) in [4.78, 5) is 22.4. The van der Waals surface area contributed by atoms with Crippen molar-refractivity contribution in [1.82, 2.24) is 0 Å². The molecule has 21 heavy (non-hydrogen) atoms. The van der Waals surface area contributed by atoms with Crippen molar-refractivity contribution in [3.63, 3.8) is 0 Å². The minimum absolute atomic E-state index is 0.169. The Morgan fingerprint density at radius 2 is 1.57 bits per heavy atom. The minimum atomic E-state index is -1.36. The highest BCUT2D eigenvalue weighted by molar-refractivity contribution is 6.00. The second-order valence-electron chi connectivity index (χ2n) is 4.44. The van der Waals surface area contributed by atoms with Crippen molar-refractivity contribution in [2.75, 3.05) is 10.6 Å². The maximum absolute atomic E-state index is 13.5. The van der Waals surface area contributed by atoms with Crippen LogP contribution in [0.1, 0.15) is 15.9 Å².